The molecule has 1 amide bonds. The number of hydrogen-bond donors (Lipinski definition) is 0. The molecule has 1 atom stereocenters. The number of alkyl halides is 3. The van der Waals surface area contributed by atoms with Crippen LogP contribution in [0.15, 0.2) is 36.7 Å². The Labute approximate surface area is 172 Å². The highest BCUT2D eigenvalue weighted by atomic mass is 19.4. The second-order valence-electron chi connectivity index (χ2n) is 7.55. The molecule has 6 nitrogen and oxygen atoms in total. The zero-order valence-corrected chi connectivity index (χ0v) is 16.4. The van der Waals surface area contributed by atoms with Crippen LogP contribution in [-0.4, -0.2) is 65.0 Å². The summed E-state index contributed by atoms with van der Waals surface area (Å²) in [5.74, 6) is 0.102. The lowest BCUT2D eigenvalue weighted by molar-refractivity contribution is -0.137. The van der Waals surface area contributed by atoms with Gasteiger partial charge in [0.15, 0.2) is 0 Å². The van der Waals surface area contributed by atoms with E-state index in [-0.39, 0.29) is 5.91 Å². The van der Waals surface area contributed by atoms with Gasteiger partial charge in [-0.05, 0) is 25.0 Å². The minimum absolute atomic E-state index is 0.102. The number of aromatic nitrogens is 2. The van der Waals surface area contributed by atoms with Crippen LogP contribution in [0.1, 0.15) is 30.2 Å². The van der Waals surface area contributed by atoms with Crippen molar-refractivity contribution in [2.24, 2.45) is 0 Å². The Kier molecular flexibility index (Phi) is 6.01. The van der Waals surface area contributed by atoms with Crippen LogP contribution >= 0.6 is 0 Å². The molecule has 1 aromatic heterocycles. The normalized spacial score (nSPS) is 20.5. The third kappa shape index (κ3) is 4.62. The number of carbonyl (C=O) groups excluding carboxylic acids is 1. The summed E-state index contributed by atoms with van der Waals surface area (Å²) >= 11 is 0. The average molecular weight is 420 g/mol. The van der Waals surface area contributed by atoms with E-state index in [9.17, 15) is 18.0 Å². The second kappa shape index (κ2) is 8.69. The van der Waals surface area contributed by atoms with E-state index in [4.69, 9.17) is 4.74 Å². The summed E-state index contributed by atoms with van der Waals surface area (Å²) in [6.07, 6.45) is 0.130. The van der Waals surface area contributed by atoms with E-state index in [0.717, 1.165) is 38.1 Å². The standard InChI is InChI=1S/C21H23F3N4O2/c22-21(23,24)16-5-3-4-15(12-16)19-20(26-7-6-25-19)17-13-27(10-11-30-17)14-18(29)28-8-1-2-9-28/h3-7,12,17H,1-2,8-11,13-14H2/t17-/m0/s1. The Morgan fingerprint density at radius 3 is 2.67 bits per heavy atom. The quantitative estimate of drug-likeness (QED) is 0.761. The van der Waals surface area contributed by atoms with Gasteiger partial charge in [-0.2, -0.15) is 13.2 Å². The first-order valence-electron chi connectivity index (χ1n) is 10.0. The molecule has 0 radical (unpaired) electrons. The van der Waals surface area contributed by atoms with E-state index < -0.39 is 17.8 Å². The summed E-state index contributed by atoms with van der Waals surface area (Å²) in [7, 11) is 0. The van der Waals surface area contributed by atoms with Gasteiger partial charge in [0.25, 0.3) is 0 Å². The smallest absolute Gasteiger partial charge is 0.369 e. The van der Waals surface area contributed by atoms with Crippen molar-refractivity contribution in [2.75, 3.05) is 39.3 Å². The number of amides is 1. The number of hydrogen-bond acceptors (Lipinski definition) is 5. The van der Waals surface area contributed by atoms with Crippen molar-refractivity contribution < 1.29 is 22.7 Å². The zero-order valence-electron chi connectivity index (χ0n) is 16.4. The topological polar surface area (TPSA) is 58.6 Å². The van der Waals surface area contributed by atoms with E-state index in [1.54, 1.807) is 6.07 Å². The predicted octanol–water partition coefficient (Wildman–Crippen LogP) is 3.16. The lowest BCUT2D eigenvalue weighted by Crippen LogP contribution is -2.45. The van der Waals surface area contributed by atoms with Gasteiger partial charge in [0.1, 0.15) is 6.10 Å². The minimum atomic E-state index is -4.44. The summed E-state index contributed by atoms with van der Waals surface area (Å²) in [5, 5.41) is 0. The fourth-order valence-corrected chi connectivity index (χ4v) is 3.92. The van der Waals surface area contributed by atoms with Gasteiger partial charge in [-0.1, -0.05) is 12.1 Å². The maximum Gasteiger partial charge on any atom is 0.416 e. The van der Waals surface area contributed by atoms with E-state index in [2.05, 4.69) is 9.97 Å². The van der Waals surface area contributed by atoms with Gasteiger partial charge in [0.2, 0.25) is 5.91 Å². The second-order valence-corrected chi connectivity index (χ2v) is 7.55. The van der Waals surface area contributed by atoms with E-state index >= 15 is 0 Å². The molecule has 0 spiro atoms. The molecule has 2 aliphatic rings. The van der Waals surface area contributed by atoms with Crippen molar-refractivity contribution in [3.8, 4) is 11.3 Å². The first kappa shape index (κ1) is 20.7. The Morgan fingerprint density at radius 1 is 1.13 bits per heavy atom. The third-order valence-electron chi connectivity index (χ3n) is 5.46. The van der Waals surface area contributed by atoms with Crippen LogP contribution in [0.4, 0.5) is 13.2 Å². The van der Waals surface area contributed by atoms with Crippen LogP contribution in [0.2, 0.25) is 0 Å². The van der Waals surface area contributed by atoms with Crippen molar-refractivity contribution in [1.29, 1.82) is 0 Å². The molecule has 0 unspecified atom stereocenters. The summed E-state index contributed by atoms with van der Waals surface area (Å²) in [6, 6.07) is 5.05. The highest BCUT2D eigenvalue weighted by Crippen LogP contribution is 2.34. The van der Waals surface area contributed by atoms with Crippen molar-refractivity contribution in [3.63, 3.8) is 0 Å². The minimum Gasteiger partial charge on any atom is -0.369 e. The van der Waals surface area contributed by atoms with Crippen LogP contribution in [0.5, 0.6) is 0 Å². The number of ether oxygens (including phenoxy) is 1. The molecule has 2 saturated heterocycles. The summed E-state index contributed by atoms with van der Waals surface area (Å²) in [4.78, 5) is 25.0. The first-order chi connectivity index (χ1) is 14.4. The predicted molar refractivity (Wildman–Crippen MR) is 103 cm³/mol. The number of halogens is 3. The summed E-state index contributed by atoms with van der Waals surface area (Å²) < 4.78 is 45.3. The SMILES string of the molecule is O=C(CN1CCO[C@H](c2nccnc2-c2cccc(C(F)(F)F)c2)C1)N1CCCC1. The molecule has 0 N–H and O–H groups in total. The Hall–Kier alpha value is -2.52. The number of likely N-dealkylation sites (tertiary alicyclic amines) is 1. The van der Waals surface area contributed by atoms with Gasteiger partial charge < -0.3 is 9.64 Å². The van der Waals surface area contributed by atoms with Gasteiger partial charge >= 0.3 is 6.18 Å². The van der Waals surface area contributed by atoms with E-state index in [1.807, 2.05) is 9.80 Å². The Morgan fingerprint density at radius 2 is 1.90 bits per heavy atom. The fourth-order valence-electron chi connectivity index (χ4n) is 3.92. The van der Waals surface area contributed by atoms with Crippen LogP contribution < -0.4 is 0 Å². The van der Waals surface area contributed by atoms with E-state index in [0.29, 0.717) is 43.2 Å². The third-order valence-corrected chi connectivity index (χ3v) is 5.46. The van der Waals surface area contributed by atoms with Gasteiger partial charge in [0.05, 0.1) is 30.1 Å². The van der Waals surface area contributed by atoms with Gasteiger partial charge in [-0.25, -0.2) is 0 Å². The number of carbonyl (C=O) groups is 1. The molecule has 4 rings (SSSR count). The maximum atomic E-state index is 13.1. The van der Waals surface area contributed by atoms with Gasteiger partial charge in [-0.15, -0.1) is 0 Å². The van der Waals surface area contributed by atoms with Crippen LogP contribution in [0.3, 0.4) is 0 Å². The maximum absolute atomic E-state index is 13.1. The molecule has 3 heterocycles. The lowest BCUT2D eigenvalue weighted by Gasteiger charge is -2.33. The van der Waals surface area contributed by atoms with Crippen LogP contribution in [0, 0.1) is 0 Å². The van der Waals surface area contributed by atoms with E-state index in [1.165, 1.54) is 18.5 Å². The monoisotopic (exact) mass is 420 g/mol. The number of nitrogens with zero attached hydrogens (tertiary/aromatic N) is 4. The molecule has 0 aliphatic carbocycles. The number of benzene rings is 1. The Bertz CT molecular complexity index is 900. The number of rotatable bonds is 4. The summed E-state index contributed by atoms with van der Waals surface area (Å²) in [6.45, 7) is 3.38. The molecule has 30 heavy (non-hydrogen) atoms. The molecule has 2 aliphatic heterocycles. The molecule has 2 aromatic rings. The van der Waals surface area contributed by atoms with Crippen molar-refractivity contribution >= 4 is 5.91 Å². The fraction of sp³-hybridized carbons (Fsp3) is 0.476. The van der Waals surface area contributed by atoms with Crippen molar-refractivity contribution in [1.82, 2.24) is 19.8 Å². The van der Waals surface area contributed by atoms with Crippen molar-refractivity contribution in [3.05, 3.63) is 47.9 Å². The first-order valence-corrected chi connectivity index (χ1v) is 10.0. The van der Waals surface area contributed by atoms with Gasteiger partial charge in [0, 0.05) is 44.1 Å². The molecule has 1 aromatic carbocycles. The summed E-state index contributed by atoms with van der Waals surface area (Å²) in [5.41, 5.74) is 0.442. The molecule has 0 saturated carbocycles. The molecule has 160 valence electrons. The molecule has 9 heteroatoms. The van der Waals surface area contributed by atoms with Crippen molar-refractivity contribution in [2.45, 2.75) is 25.1 Å². The van der Waals surface area contributed by atoms with Gasteiger partial charge in [-0.3, -0.25) is 19.7 Å². The van der Waals surface area contributed by atoms with Crippen LogP contribution in [0.25, 0.3) is 11.3 Å². The average Bonchev–Trinajstić information content (AvgIpc) is 3.29. The van der Waals surface area contributed by atoms with Crippen LogP contribution in [-0.2, 0) is 15.7 Å². The molecular formula is C21H23F3N4O2. The largest absolute Gasteiger partial charge is 0.416 e. The molecular weight excluding hydrogens is 397 g/mol. The number of morpholine rings is 1. The highest BCUT2D eigenvalue weighted by molar-refractivity contribution is 5.78. The zero-order chi connectivity index (χ0) is 21.1. The Balaban J connectivity index is 1.54. The molecule has 2 fully saturated rings. The lowest BCUT2D eigenvalue weighted by atomic mass is 10.0. The molecule has 0 bridgehead atoms. The highest BCUT2D eigenvalue weighted by Gasteiger charge is 2.32.